The number of hydrogen-bond donors (Lipinski definition) is 2. The minimum absolute atomic E-state index is 0.399. The third-order valence-corrected chi connectivity index (χ3v) is 1.91. The van der Waals surface area contributed by atoms with E-state index in [1.165, 1.54) is 7.11 Å². The molecule has 1 aliphatic rings. The summed E-state index contributed by atoms with van der Waals surface area (Å²) in [6.07, 6.45) is -1.45. The number of rotatable bonds is 1. The van der Waals surface area contributed by atoms with Crippen LogP contribution in [0, 0.1) is 0 Å². The van der Waals surface area contributed by atoms with Crippen molar-refractivity contribution in [2.75, 3.05) is 12.4 Å². The predicted molar refractivity (Wildman–Crippen MR) is 48.3 cm³/mol. The molecule has 0 spiro atoms. The highest BCUT2D eigenvalue weighted by Crippen LogP contribution is 2.32. The first-order chi connectivity index (χ1) is 6.70. The smallest absolute Gasteiger partial charge is 0.293 e. The molecule has 5 heteroatoms. The standard InChI is InChI=1S/C9H9NO4/c1-13-5-2-3-6-7(4-5)14-9(12)8(11)10-6/h2-4,9,12H,1H3,(H,10,11)/t9-/m1/s1. The van der Waals surface area contributed by atoms with Crippen molar-refractivity contribution in [1.82, 2.24) is 0 Å². The van der Waals surface area contributed by atoms with E-state index in [4.69, 9.17) is 14.6 Å². The van der Waals surface area contributed by atoms with E-state index < -0.39 is 12.2 Å². The molecule has 1 amide bonds. The van der Waals surface area contributed by atoms with Gasteiger partial charge in [-0.1, -0.05) is 0 Å². The van der Waals surface area contributed by atoms with Crippen LogP contribution in [-0.2, 0) is 4.79 Å². The van der Waals surface area contributed by atoms with E-state index in [9.17, 15) is 4.79 Å². The maximum Gasteiger partial charge on any atom is 0.293 e. The highest BCUT2D eigenvalue weighted by Gasteiger charge is 2.25. The van der Waals surface area contributed by atoms with Crippen LogP contribution in [0.15, 0.2) is 18.2 Å². The first-order valence-electron chi connectivity index (χ1n) is 4.04. The molecule has 0 aromatic heterocycles. The Kier molecular flexibility index (Phi) is 2.01. The molecule has 5 nitrogen and oxygen atoms in total. The van der Waals surface area contributed by atoms with Gasteiger partial charge >= 0.3 is 0 Å². The Morgan fingerprint density at radius 1 is 1.57 bits per heavy atom. The second-order valence-electron chi connectivity index (χ2n) is 2.82. The van der Waals surface area contributed by atoms with Gasteiger partial charge in [0.15, 0.2) is 5.75 Å². The minimum Gasteiger partial charge on any atom is -0.497 e. The lowest BCUT2D eigenvalue weighted by Crippen LogP contribution is -2.36. The minimum atomic E-state index is -1.45. The lowest BCUT2D eigenvalue weighted by molar-refractivity contribution is -0.139. The fourth-order valence-electron chi connectivity index (χ4n) is 1.20. The molecule has 74 valence electrons. The SMILES string of the molecule is COc1ccc2c(c1)O[C@@H](O)C(=O)N2. The van der Waals surface area contributed by atoms with Crippen LogP contribution in [0.4, 0.5) is 5.69 Å². The molecule has 14 heavy (non-hydrogen) atoms. The molecule has 0 saturated carbocycles. The maximum atomic E-state index is 11.0. The summed E-state index contributed by atoms with van der Waals surface area (Å²) in [7, 11) is 1.53. The van der Waals surface area contributed by atoms with Gasteiger partial charge in [-0.05, 0) is 12.1 Å². The van der Waals surface area contributed by atoms with Gasteiger partial charge in [0.25, 0.3) is 12.2 Å². The normalized spacial score (nSPS) is 19.3. The first kappa shape index (κ1) is 8.83. The van der Waals surface area contributed by atoms with Crippen LogP contribution in [-0.4, -0.2) is 24.4 Å². The lowest BCUT2D eigenvalue weighted by atomic mass is 10.2. The van der Waals surface area contributed by atoms with Gasteiger partial charge in [0.05, 0.1) is 12.8 Å². The van der Waals surface area contributed by atoms with E-state index in [0.29, 0.717) is 17.2 Å². The summed E-state index contributed by atoms with van der Waals surface area (Å²) in [6, 6.07) is 4.94. The van der Waals surface area contributed by atoms with Crippen molar-refractivity contribution in [1.29, 1.82) is 0 Å². The molecule has 0 radical (unpaired) electrons. The Bertz CT molecular complexity index is 377. The van der Waals surface area contributed by atoms with Crippen molar-refractivity contribution in [2.45, 2.75) is 6.29 Å². The number of carbonyl (C=O) groups is 1. The first-order valence-corrected chi connectivity index (χ1v) is 4.04. The van der Waals surface area contributed by atoms with Crippen molar-refractivity contribution >= 4 is 11.6 Å². The Balaban J connectivity index is 2.37. The third-order valence-electron chi connectivity index (χ3n) is 1.91. The van der Waals surface area contributed by atoms with Crippen LogP contribution in [0.3, 0.4) is 0 Å². The van der Waals surface area contributed by atoms with Gasteiger partial charge in [0.2, 0.25) is 0 Å². The van der Waals surface area contributed by atoms with Crippen molar-refractivity contribution in [3.8, 4) is 11.5 Å². The van der Waals surface area contributed by atoms with Crippen LogP contribution in [0.2, 0.25) is 0 Å². The molecule has 0 saturated heterocycles. The molecule has 1 aromatic carbocycles. The summed E-state index contributed by atoms with van der Waals surface area (Å²) in [5.41, 5.74) is 0.529. The van der Waals surface area contributed by atoms with Gasteiger partial charge in [-0.3, -0.25) is 4.79 Å². The number of fused-ring (bicyclic) bond motifs is 1. The molecular weight excluding hydrogens is 186 g/mol. The zero-order valence-electron chi connectivity index (χ0n) is 7.48. The zero-order chi connectivity index (χ0) is 10.1. The van der Waals surface area contributed by atoms with E-state index in [0.717, 1.165) is 0 Å². The van der Waals surface area contributed by atoms with Crippen LogP contribution in [0.1, 0.15) is 0 Å². The molecule has 1 aromatic rings. The number of anilines is 1. The van der Waals surface area contributed by atoms with E-state index in [1.54, 1.807) is 18.2 Å². The molecule has 0 unspecified atom stereocenters. The Morgan fingerprint density at radius 3 is 3.07 bits per heavy atom. The maximum absolute atomic E-state index is 11.0. The van der Waals surface area contributed by atoms with Crippen LogP contribution in [0.5, 0.6) is 11.5 Å². The van der Waals surface area contributed by atoms with E-state index in [2.05, 4.69) is 5.32 Å². The summed E-state index contributed by atoms with van der Waals surface area (Å²) >= 11 is 0. The van der Waals surface area contributed by atoms with Crippen molar-refractivity contribution < 1.29 is 19.4 Å². The van der Waals surface area contributed by atoms with Crippen molar-refractivity contribution in [3.63, 3.8) is 0 Å². The number of carbonyl (C=O) groups excluding carboxylic acids is 1. The Labute approximate surface area is 80.3 Å². The number of benzene rings is 1. The van der Waals surface area contributed by atoms with Gasteiger partial charge in [0.1, 0.15) is 5.75 Å². The largest absolute Gasteiger partial charge is 0.497 e. The number of aliphatic hydroxyl groups excluding tert-OH is 1. The second kappa shape index (κ2) is 3.19. The summed E-state index contributed by atoms with van der Waals surface area (Å²) in [5, 5.41) is 11.6. The average Bonchev–Trinajstić information content (AvgIpc) is 2.19. The van der Waals surface area contributed by atoms with Crippen molar-refractivity contribution in [2.24, 2.45) is 0 Å². The van der Waals surface area contributed by atoms with Gasteiger partial charge in [-0.15, -0.1) is 0 Å². The summed E-state index contributed by atoms with van der Waals surface area (Å²) in [4.78, 5) is 11.0. The molecular formula is C9H9NO4. The Morgan fingerprint density at radius 2 is 2.36 bits per heavy atom. The quantitative estimate of drug-likeness (QED) is 0.678. The molecule has 2 rings (SSSR count). The summed E-state index contributed by atoms with van der Waals surface area (Å²) < 4.78 is 9.92. The molecule has 0 aliphatic carbocycles. The fourth-order valence-corrected chi connectivity index (χ4v) is 1.20. The number of amides is 1. The lowest BCUT2D eigenvalue weighted by Gasteiger charge is -2.22. The number of ether oxygens (including phenoxy) is 2. The number of aliphatic hydroxyl groups is 1. The Hall–Kier alpha value is -1.75. The van der Waals surface area contributed by atoms with E-state index >= 15 is 0 Å². The van der Waals surface area contributed by atoms with Crippen LogP contribution >= 0.6 is 0 Å². The molecule has 1 aliphatic heterocycles. The van der Waals surface area contributed by atoms with Gasteiger partial charge in [0, 0.05) is 6.07 Å². The number of hydrogen-bond acceptors (Lipinski definition) is 4. The van der Waals surface area contributed by atoms with Crippen molar-refractivity contribution in [3.05, 3.63) is 18.2 Å². The third kappa shape index (κ3) is 1.38. The van der Waals surface area contributed by atoms with Crippen LogP contribution in [0.25, 0.3) is 0 Å². The summed E-state index contributed by atoms with van der Waals surface area (Å²) in [5.74, 6) is 0.436. The summed E-state index contributed by atoms with van der Waals surface area (Å²) in [6.45, 7) is 0. The number of methoxy groups -OCH3 is 1. The molecule has 0 bridgehead atoms. The highest BCUT2D eigenvalue weighted by atomic mass is 16.6. The molecule has 1 atom stereocenters. The van der Waals surface area contributed by atoms with E-state index in [-0.39, 0.29) is 0 Å². The molecule has 0 fully saturated rings. The van der Waals surface area contributed by atoms with Gasteiger partial charge < -0.3 is 19.9 Å². The highest BCUT2D eigenvalue weighted by molar-refractivity contribution is 5.96. The average molecular weight is 195 g/mol. The fraction of sp³-hybridized carbons (Fsp3) is 0.222. The topological polar surface area (TPSA) is 67.8 Å². The zero-order valence-corrected chi connectivity index (χ0v) is 7.48. The van der Waals surface area contributed by atoms with Crippen LogP contribution < -0.4 is 14.8 Å². The number of nitrogens with one attached hydrogen (secondary N) is 1. The molecule has 1 heterocycles. The van der Waals surface area contributed by atoms with Gasteiger partial charge in [-0.25, -0.2) is 0 Å². The molecule has 2 N–H and O–H groups in total. The predicted octanol–water partition coefficient (Wildman–Crippen LogP) is 0.344. The monoisotopic (exact) mass is 195 g/mol. The van der Waals surface area contributed by atoms with Gasteiger partial charge in [-0.2, -0.15) is 0 Å². The van der Waals surface area contributed by atoms with E-state index in [1.807, 2.05) is 0 Å². The second-order valence-corrected chi connectivity index (χ2v) is 2.82.